The Morgan fingerprint density at radius 3 is 2.54 bits per heavy atom. The highest BCUT2D eigenvalue weighted by Gasteiger charge is 2.53. The molecular formula is C15H22N4O4S. The molecule has 3 heterocycles. The highest BCUT2D eigenvalue weighted by atomic mass is 32.2. The van der Waals surface area contributed by atoms with Gasteiger partial charge in [-0.2, -0.15) is 4.31 Å². The number of sulfonamides is 1. The van der Waals surface area contributed by atoms with Gasteiger partial charge in [-0.1, -0.05) is 0 Å². The molecule has 3 rings (SSSR count). The van der Waals surface area contributed by atoms with Gasteiger partial charge in [0.2, 0.25) is 10.0 Å². The number of aromatic nitrogens is 2. The van der Waals surface area contributed by atoms with Crippen LogP contribution < -0.4 is 0 Å². The number of hydrogen-bond acceptors (Lipinski definition) is 6. The molecule has 0 bridgehead atoms. The summed E-state index contributed by atoms with van der Waals surface area (Å²) in [7, 11) is -3.39. The van der Waals surface area contributed by atoms with Crippen molar-refractivity contribution in [2.45, 2.75) is 37.8 Å². The summed E-state index contributed by atoms with van der Waals surface area (Å²) < 4.78 is 25.5. The smallest absolute Gasteiger partial charge is 0.257 e. The molecule has 1 amide bonds. The predicted molar refractivity (Wildman–Crippen MR) is 86.8 cm³/mol. The van der Waals surface area contributed by atoms with E-state index in [1.165, 1.54) is 23.0 Å². The van der Waals surface area contributed by atoms with E-state index in [9.17, 15) is 18.3 Å². The fraction of sp³-hybridized carbons (Fsp3) is 0.667. The first-order chi connectivity index (χ1) is 11.2. The normalized spacial score (nSPS) is 28.5. The zero-order valence-corrected chi connectivity index (χ0v) is 14.7. The average Bonchev–Trinajstić information content (AvgIpc) is 2.95. The van der Waals surface area contributed by atoms with Gasteiger partial charge in [-0.15, -0.1) is 0 Å². The van der Waals surface area contributed by atoms with Crippen LogP contribution in [0.2, 0.25) is 0 Å². The summed E-state index contributed by atoms with van der Waals surface area (Å²) in [5.74, 6) is 0.340. The van der Waals surface area contributed by atoms with E-state index in [2.05, 4.69) is 9.97 Å². The summed E-state index contributed by atoms with van der Waals surface area (Å²) in [4.78, 5) is 22.1. The molecule has 24 heavy (non-hydrogen) atoms. The van der Waals surface area contributed by atoms with Gasteiger partial charge >= 0.3 is 0 Å². The molecule has 0 radical (unpaired) electrons. The fourth-order valence-corrected chi connectivity index (χ4v) is 5.22. The second kappa shape index (κ2) is 6.05. The number of amides is 1. The second-order valence-electron chi connectivity index (χ2n) is 6.58. The summed E-state index contributed by atoms with van der Waals surface area (Å²) in [6.45, 7) is 2.67. The SMILES string of the molecule is Cc1ncc(C(=O)N2CC[C@@]3(CCCN3S(C)(=O)=O)[C@@H](O)C2)cn1. The van der Waals surface area contributed by atoms with Crippen LogP contribution in [-0.4, -0.2) is 76.1 Å². The Bertz CT molecular complexity index is 736. The molecule has 0 unspecified atom stereocenters. The number of aliphatic hydroxyl groups excluding tert-OH is 1. The third-order valence-corrected chi connectivity index (χ3v) is 6.36. The van der Waals surface area contributed by atoms with Gasteiger partial charge < -0.3 is 10.0 Å². The van der Waals surface area contributed by atoms with Gasteiger partial charge in [-0.25, -0.2) is 18.4 Å². The number of rotatable bonds is 2. The fourth-order valence-electron chi connectivity index (χ4n) is 3.79. The number of aliphatic hydroxyl groups is 1. The van der Waals surface area contributed by atoms with Gasteiger partial charge in [-0.05, 0) is 26.2 Å². The van der Waals surface area contributed by atoms with Crippen molar-refractivity contribution in [2.24, 2.45) is 0 Å². The second-order valence-corrected chi connectivity index (χ2v) is 8.48. The number of carbonyl (C=O) groups excluding carboxylic acids is 1. The lowest BCUT2D eigenvalue weighted by molar-refractivity contribution is -0.0292. The highest BCUT2D eigenvalue weighted by molar-refractivity contribution is 7.88. The molecule has 9 heteroatoms. The van der Waals surface area contributed by atoms with Crippen molar-refractivity contribution in [3.05, 3.63) is 23.8 Å². The summed E-state index contributed by atoms with van der Waals surface area (Å²) >= 11 is 0. The number of aryl methyl sites for hydroxylation is 1. The first-order valence-electron chi connectivity index (χ1n) is 7.98. The molecule has 2 saturated heterocycles. The van der Waals surface area contributed by atoms with E-state index in [1.807, 2.05) is 0 Å². The molecule has 0 aliphatic carbocycles. The van der Waals surface area contributed by atoms with E-state index >= 15 is 0 Å². The minimum absolute atomic E-state index is 0.110. The third kappa shape index (κ3) is 2.91. The van der Waals surface area contributed by atoms with Crippen LogP contribution in [0.25, 0.3) is 0 Å². The minimum atomic E-state index is -3.39. The van der Waals surface area contributed by atoms with E-state index < -0.39 is 21.7 Å². The van der Waals surface area contributed by atoms with Gasteiger partial charge in [0.25, 0.3) is 5.91 Å². The summed E-state index contributed by atoms with van der Waals surface area (Å²) in [5, 5.41) is 10.7. The van der Waals surface area contributed by atoms with Crippen molar-refractivity contribution in [3.8, 4) is 0 Å². The lowest BCUT2D eigenvalue weighted by Gasteiger charge is -2.47. The molecule has 1 spiro atoms. The molecule has 1 aromatic heterocycles. The van der Waals surface area contributed by atoms with Crippen molar-refractivity contribution in [2.75, 3.05) is 25.9 Å². The van der Waals surface area contributed by atoms with Crippen LogP contribution in [0.5, 0.6) is 0 Å². The lowest BCUT2D eigenvalue weighted by Crippen LogP contribution is -2.63. The molecule has 2 aliphatic heterocycles. The molecule has 2 aliphatic rings. The molecule has 2 atom stereocenters. The number of carbonyl (C=O) groups is 1. The summed E-state index contributed by atoms with van der Waals surface area (Å²) in [6.07, 6.45) is 4.99. The van der Waals surface area contributed by atoms with Crippen molar-refractivity contribution in [3.63, 3.8) is 0 Å². The lowest BCUT2D eigenvalue weighted by atomic mass is 9.83. The zero-order chi connectivity index (χ0) is 17.5. The monoisotopic (exact) mass is 354 g/mol. The van der Waals surface area contributed by atoms with Crippen LogP contribution >= 0.6 is 0 Å². The number of likely N-dealkylation sites (tertiary alicyclic amines) is 1. The van der Waals surface area contributed by atoms with Crippen molar-refractivity contribution in [1.82, 2.24) is 19.2 Å². The number of hydrogen-bond donors (Lipinski definition) is 1. The quantitative estimate of drug-likeness (QED) is 0.788. The van der Waals surface area contributed by atoms with Crippen LogP contribution in [0.15, 0.2) is 12.4 Å². The van der Waals surface area contributed by atoms with E-state index in [0.717, 1.165) is 6.42 Å². The van der Waals surface area contributed by atoms with Crippen molar-refractivity contribution >= 4 is 15.9 Å². The standard InChI is InChI=1S/C15H22N4O4S/c1-11-16-8-12(9-17-11)14(21)18-7-5-15(13(20)10-18)4-3-6-19(15)24(2,22)23/h8-9,13,20H,3-7,10H2,1-2H3/t13-,15-/m0/s1. The number of β-amino-alcohol motifs (C(OH)–C–C–N with tert-alkyl or cyclic N) is 1. The van der Waals surface area contributed by atoms with Crippen molar-refractivity contribution in [1.29, 1.82) is 0 Å². The maximum Gasteiger partial charge on any atom is 0.257 e. The molecule has 0 saturated carbocycles. The minimum Gasteiger partial charge on any atom is -0.389 e. The van der Waals surface area contributed by atoms with E-state index in [4.69, 9.17) is 0 Å². The highest BCUT2D eigenvalue weighted by Crippen LogP contribution is 2.40. The van der Waals surface area contributed by atoms with Gasteiger partial charge in [0, 0.05) is 32.0 Å². The topological polar surface area (TPSA) is 104 Å². The molecular weight excluding hydrogens is 332 g/mol. The molecule has 1 aromatic rings. The predicted octanol–water partition coefficient (Wildman–Crippen LogP) is -0.214. The van der Waals surface area contributed by atoms with E-state index in [1.54, 1.807) is 11.8 Å². The van der Waals surface area contributed by atoms with Crippen LogP contribution in [0, 0.1) is 6.92 Å². The van der Waals surface area contributed by atoms with Crippen molar-refractivity contribution < 1.29 is 18.3 Å². The van der Waals surface area contributed by atoms with Gasteiger partial charge in [0.15, 0.2) is 0 Å². The Kier molecular flexibility index (Phi) is 4.35. The number of nitrogens with zero attached hydrogens (tertiary/aromatic N) is 4. The van der Waals surface area contributed by atoms with E-state index in [0.29, 0.717) is 37.3 Å². The van der Waals surface area contributed by atoms with Crippen LogP contribution in [0.3, 0.4) is 0 Å². The van der Waals surface area contributed by atoms with Gasteiger partial charge in [-0.3, -0.25) is 4.79 Å². The Hall–Kier alpha value is -1.58. The average molecular weight is 354 g/mol. The molecule has 0 aromatic carbocycles. The Balaban J connectivity index is 1.78. The third-order valence-electron chi connectivity index (χ3n) is 5.01. The Labute approximate surface area is 141 Å². The van der Waals surface area contributed by atoms with Gasteiger partial charge in [0.05, 0.1) is 23.5 Å². The first kappa shape index (κ1) is 17.2. The molecule has 2 fully saturated rings. The molecule has 8 nitrogen and oxygen atoms in total. The molecule has 1 N–H and O–H groups in total. The summed E-state index contributed by atoms with van der Waals surface area (Å²) in [5.41, 5.74) is -0.413. The maximum atomic E-state index is 12.5. The Morgan fingerprint density at radius 2 is 1.96 bits per heavy atom. The Morgan fingerprint density at radius 1 is 1.29 bits per heavy atom. The zero-order valence-electron chi connectivity index (χ0n) is 13.8. The first-order valence-corrected chi connectivity index (χ1v) is 9.83. The van der Waals surface area contributed by atoms with Crippen LogP contribution in [-0.2, 0) is 10.0 Å². The maximum absolute atomic E-state index is 12.5. The van der Waals surface area contributed by atoms with Crippen LogP contribution in [0.1, 0.15) is 35.4 Å². The van der Waals surface area contributed by atoms with E-state index in [-0.39, 0.29) is 12.5 Å². The van der Waals surface area contributed by atoms with Gasteiger partial charge in [0.1, 0.15) is 5.82 Å². The molecule has 132 valence electrons. The number of piperidine rings is 1. The summed E-state index contributed by atoms with van der Waals surface area (Å²) in [6, 6.07) is 0. The van der Waals surface area contributed by atoms with Crippen LogP contribution in [0.4, 0.5) is 0 Å². The largest absolute Gasteiger partial charge is 0.389 e.